The van der Waals surface area contributed by atoms with Crippen LogP contribution in [0.15, 0.2) is 10.1 Å². The zero-order chi connectivity index (χ0) is 7.28. The lowest BCUT2D eigenvalue weighted by atomic mass is 10.2. The Labute approximate surface area is 55.4 Å². The molecule has 0 radical (unpaired) electrons. The first kappa shape index (κ1) is 8.14. The second-order valence-corrected chi connectivity index (χ2v) is 1.94. The van der Waals surface area contributed by atoms with Crippen LogP contribution in [0.5, 0.6) is 0 Å². The van der Waals surface area contributed by atoms with E-state index in [1.165, 1.54) is 7.11 Å². The summed E-state index contributed by atoms with van der Waals surface area (Å²) in [6, 6.07) is 0. The van der Waals surface area contributed by atoms with Crippen molar-refractivity contribution in [3.05, 3.63) is 0 Å². The number of hydrogen-bond acceptors (Lipinski definition) is 2. The van der Waals surface area contributed by atoms with E-state index < -0.39 is 0 Å². The summed E-state index contributed by atoms with van der Waals surface area (Å²) in [6.07, 6.45) is 0. The van der Waals surface area contributed by atoms with Crippen molar-refractivity contribution >= 4 is 12.6 Å². The van der Waals surface area contributed by atoms with Crippen molar-refractivity contribution in [1.29, 1.82) is 0 Å². The first-order chi connectivity index (χ1) is 4.22. The predicted molar refractivity (Wildman–Crippen MR) is 38.8 cm³/mol. The molecule has 3 nitrogen and oxygen atoms in total. The van der Waals surface area contributed by atoms with Crippen molar-refractivity contribution < 1.29 is 4.84 Å². The summed E-state index contributed by atoms with van der Waals surface area (Å²) in [5.41, 5.74) is 0. The van der Waals surface area contributed by atoms with Gasteiger partial charge in [0.2, 0.25) is 0 Å². The van der Waals surface area contributed by atoms with Crippen LogP contribution in [-0.4, -0.2) is 19.7 Å². The van der Waals surface area contributed by atoms with Crippen molar-refractivity contribution in [2.45, 2.75) is 13.8 Å². The lowest BCUT2D eigenvalue weighted by molar-refractivity contribution is 0.211. The maximum absolute atomic E-state index is 4.51. The van der Waals surface area contributed by atoms with Gasteiger partial charge in [0.15, 0.2) is 5.84 Å². The Morgan fingerprint density at radius 1 is 1.56 bits per heavy atom. The third kappa shape index (κ3) is 2.85. The van der Waals surface area contributed by atoms with Gasteiger partial charge in [-0.05, 0) is 6.72 Å². The molecule has 0 aromatic rings. The zero-order valence-electron chi connectivity index (χ0n) is 6.09. The Balaban J connectivity index is 3.97. The van der Waals surface area contributed by atoms with Crippen LogP contribution in [0.4, 0.5) is 0 Å². The molecule has 0 aliphatic carbocycles. The van der Waals surface area contributed by atoms with Gasteiger partial charge in [-0.25, -0.2) is 4.99 Å². The normalized spacial score (nSPS) is 11.8. The van der Waals surface area contributed by atoms with Crippen LogP contribution in [0.1, 0.15) is 13.8 Å². The van der Waals surface area contributed by atoms with Gasteiger partial charge >= 0.3 is 0 Å². The van der Waals surface area contributed by atoms with Crippen LogP contribution >= 0.6 is 0 Å². The number of amidine groups is 1. The average molecular weight is 128 g/mol. The molecule has 0 bridgehead atoms. The molecule has 0 N–H and O–H groups in total. The quantitative estimate of drug-likeness (QED) is 0.313. The highest BCUT2D eigenvalue weighted by molar-refractivity contribution is 5.87. The molecular weight excluding hydrogens is 116 g/mol. The van der Waals surface area contributed by atoms with E-state index in [1.54, 1.807) is 0 Å². The fourth-order valence-corrected chi connectivity index (χ4v) is 0.410. The van der Waals surface area contributed by atoms with Crippen molar-refractivity contribution in [2.24, 2.45) is 16.1 Å². The average Bonchev–Trinajstić information content (AvgIpc) is 1.82. The van der Waals surface area contributed by atoms with Crippen LogP contribution in [-0.2, 0) is 4.84 Å². The van der Waals surface area contributed by atoms with Crippen LogP contribution in [0.25, 0.3) is 0 Å². The molecule has 0 atom stereocenters. The highest BCUT2D eigenvalue weighted by Crippen LogP contribution is 1.97. The van der Waals surface area contributed by atoms with Gasteiger partial charge in [0, 0.05) is 5.92 Å². The molecule has 0 aliphatic heterocycles. The number of nitrogens with zero attached hydrogens (tertiary/aromatic N) is 2. The topological polar surface area (TPSA) is 34.0 Å². The number of hydrogen-bond donors (Lipinski definition) is 0. The minimum Gasteiger partial charge on any atom is -0.398 e. The molecule has 0 fully saturated rings. The van der Waals surface area contributed by atoms with Crippen molar-refractivity contribution in [3.63, 3.8) is 0 Å². The Bertz CT molecular complexity index is 118. The van der Waals surface area contributed by atoms with E-state index >= 15 is 0 Å². The van der Waals surface area contributed by atoms with Gasteiger partial charge in [0.05, 0.1) is 0 Å². The first-order valence-corrected chi connectivity index (χ1v) is 2.80. The highest BCUT2D eigenvalue weighted by atomic mass is 16.6. The molecule has 52 valence electrons. The van der Waals surface area contributed by atoms with Gasteiger partial charge < -0.3 is 4.84 Å². The van der Waals surface area contributed by atoms with Crippen LogP contribution in [0.2, 0.25) is 0 Å². The third-order valence-corrected chi connectivity index (χ3v) is 0.863. The van der Waals surface area contributed by atoms with Gasteiger partial charge in [0.1, 0.15) is 7.11 Å². The molecule has 0 aliphatic rings. The van der Waals surface area contributed by atoms with Gasteiger partial charge in [-0.3, -0.25) is 0 Å². The van der Waals surface area contributed by atoms with Crippen molar-refractivity contribution in [2.75, 3.05) is 7.11 Å². The fourth-order valence-electron chi connectivity index (χ4n) is 0.410. The molecule has 0 heterocycles. The summed E-state index contributed by atoms with van der Waals surface area (Å²) in [6.45, 7) is 7.30. The summed E-state index contributed by atoms with van der Waals surface area (Å²) < 4.78 is 0. The van der Waals surface area contributed by atoms with Crippen molar-refractivity contribution in [1.82, 2.24) is 0 Å². The second kappa shape index (κ2) is 4.06. The molecule has 3 heteroatoms. The molecule has 0 saturated heterocycles. The standard InChI is InChI=1S/C6H12N2O/c1-5(2)6(7-3)8-9-4/h5H,3H2,1-2,4H3/b8-6-. The monoisotopic (exact) mass is 128 g/mol. The van der Waals surface area contributed by atoms with Crippen molar-refractivity contribution in [3.8, 4) is 0 Å². The van der Waals surface area contributed by atoms with E-state index in [2.05, 4.69) is 21.7 Å². The number of rotatable bonds is 2. The van der Waals surface area contributed by atoms with E-state index in [-0.39, 0.29) is 5.92 Å². The predicted octanol–water partition coefficient (Wildman–Crippen LogP) is 1.30. The number of oxime groups is 1. The molecule has 0 amide bonds. The molecule has 0 saturated carbocycles. The van der Waals surface area contributed by atoms with Gasteiger partial charge in [-0.1, -0.05) is 19.0 Å². The highest BCUT2D eigenvalue weighted by Gasteiger charge is 2.00. The molecular formula is C6H12N2O. The number of aliphatic imine (C=N–C) groups is 1. The smallest absolute Gasteiger partial charge is 0.169 e. The summed E-state index contributed by atoms with van der Waals surface area (Å²) in [5.74, 6) is 0.917. The molecule has 9 heavy (non-hydrogen) atoms. The SMILES string of the molecule is C=N/C(=N\OC)C(C)C. The minimum atomic E-state index is 0.280. The van der Waals surface area contributed by atoms with Gasteiger partial charge in [-0.15, -0.1) is 0 Å². The lowest BCUT2D eigenvalue weighted by Crippen LogP contribution is -2.03. The summed E-state index contributed by atoms with van der Waals surface area (Å²) in [7, 11) is 1.49. The maximum Gasteiger partial charge on any atom is 0.169 e. The minimum absolute atomic E-state index is 0.280. The summed E-state index contributed by atoms with van der Waals surface area (Å²) >= 11 is 0. The van der Waals surface area contributed by atoms with Crippen LogP contribution < -0.4 is 0 Å². The molecule has 0 aromatic carbocycles. The fraction of sp³-hybridized carbons (Fsp3) is 0.667. The van der Waals surface area contributed by atoms with E-state index in [9.17, 15) is 0 Å². The molecule has 0 unspecified atom stereocenters. The van der Waals surface area contributed by atoms with E-state index in [4.69, 9.17) is 0 Å². The lowest BCUT2D eigenvalue weighted by Gasteiger charge is -2.00. The second-order valence-electron chi connectivity index (χ2n) is 1.94. The molecule has 0 aromatic heterocycles. The Morgan fingerprint density at radius 3 is 2.22 bits per heavy atom. The Morgan fingerprint density at radius 2 is 2.11 bits per heavy atom. The van der Waals surface area contributed by atoms with Crippen LogP contribution in [0, 0.1) is 5.92 Å². The Kier molecular flexibility index (Phi) is 3.67. The maximum atomic E-state index is 4.51. The van der Waals surface area contributed by atoms with E-state index in [0.717, 1.165) is 0 Å². The van der Waals surface area contributed by atoms with Gasteiger partial charge in [0.25, 0.3) is 0 Å². The van der Waals surface area contributed by atoms with Crippen LogP contribution in [0.3, 0.4) is 0 Å². The summed E-state index contributed by atoms with van der Waals surface area (Å²) in [5, 5.41) is 3.63. The summed E-state index contributed by atoms with van der Waals surface area (Å²) in [4.78, 5) is 8.16. The van der Waals surface area contributed by atoms with E-state index in [0.29, 0.717) is 5.84 Å². The van der Waals surface area contributed by atoms with E-state index in [1.807, 2.05) is 13.8 Å². The molecule has 0 spiro atoms. The van der Waals surface area contributed by atoms with Gasteiger partial charge in [-0.2, -0.15) is 0 Å². The molecule has 0 rings (SSSR count). The Hall–Kier alpha value is -0.860. The third-order valence-electron chi connectivity index (χ3n) is 0.863. The zero-order valence-corrected chi connectivity index (χ0v) is 6.09. The first-order valence-electron chi connectivity index (χ1n) is 2.80. The largest absolute Gasteiger partial charge is 0.398 e.